The Morgan fingerprint density at radius 2 is 1.77 bits per heavy atom. The molecule has 5 rings (SSSR count). The zero-order valence-corrected chi connectivity index (χ0v) is 17.8. The van der Waals surface area contributed by atoms with Gasteiger partial charge in [0.15, 0.2) is 0 Å². The number of rotatable bonds is 4. The maximum absolute atomic E-state index is 14.4. The summed E-state index contributed by atoms with van der Waals surface area (Å²) in [6.07, 6.45) is 3.43. The van der Waals surface area contributed by atoms with Crippen molar-refractivity contribution < 1.29 is 9.18 Å². The van der Waals surface area contributed by atoms with E-state index in [1.54, 1.807) is 12.1 Å². The maximum atomic E-state index is 14.4. The third-order valence-electron chi connectivity index (χ3n) is 6.63. The topological polar surface area (TPSA) is 25.2 Å². The summed E-state index contributed by atoms with van der Waals surface area (Å²) < 4.78 is 16.1. The van der Waals surface area contributed by atoms with Crippen molar-refractivity contribution in [2.75, 3.05) is 11.4 Å². The van der Waals surface area contributed by atoms with Crippen molar-refractivity contribution in [3.8, 4) is 0 Å². The number of carbonyl (C=O) groups excluding carboxylic acids is 1. The molecule has 1 aliphatic rings. The number of carbonyl (C=O) groups is 1. The number of halogens is 1. The van der Waals surface area contributed by atoms with Gasteiger partial charge in [-0.2, -0.15) is 0 Å². The number of anilines is 1. The van der Waals surface area contributed by atoms with Gasteiger partial charge in [-0.15, -0.1) is 0 Å². The summed E-state index contributed by atoms with van der Waals surface area (Å²) in [7, 11) is 0. The molecule has 3 aromatic carbocycles. The molecule has 1 aliphatic heterocycles. The van der Waals surface area contributed by atoms with Crippen LogP contribution in [0.4, 0.5) is 10.1 Å². The Morgan fingerprint density at radius 3 is 2.55 bits per heavy atom. The Hall–Kier alpha value is -3.40. The molecule has 0 bridgehead atoms. The summed E-state index contributed by atoms with van der Waals surface area (Å²) in [6.45, 7) is 4.69. The van der Waals surface area contributed by atoms with Crippen LogP contribution >= 0.6 is 0 Å². The first-order valence-corrected chi connectivity index (χ1v) is 10.8. The quantitative estimate of drug-likeness (QED) is 0.414. The summed E-state index contributed by atoms with van der Waals surface area (Å²) in [5.41, 5.74) is 4.02. The standard InChI is InChI=1S/C27H25FN2O/c1-3-27(21-10-5-4-6-11-21,26(31)29-16-15-20-9-7-8-12-24(20)29)30-18-19(2)23-17-22(28)13-14-25(23)30/h4-14,17-18H,3,15-16H2,1-2H3. The maximum Gasteiger partial charge on any atom is 0.257 e. The molecule has 4 heteroatoms. The van der Waals surface area contributed by atoms with Crippen molar-refractivity contribution >= 4 is 22.5 Å². The Labute approximate surface area is 181 Å². The lowest BCUT2D eigenvalue weighted by molar-refractivity contribution is -0.125. The summed E-state index contributed by atoms with van der Waals surface area (Å²) >= 11 is 0. The van der Waals surface area contributed by atoms with Gasteiger partial charge in [0.1, 0.15) is 11.4 Å². The van der Waals surface area contributed by atoms with Crippen molar-refractivity contribution in [3.63, 3.8) is 0 Å². The highest BCUT2D eigenvalue weighted by atomic mass is 19.1. The largest absolute Gasteiger partial charge is 0.328 e. The number of para-hydroxylation sites is 1. The van der Waals surface area contributed by atoms with Crippen LogP contribution in [0.1, 0.15) is 30.0 Å². The van der Waals surface area contributed by atoms with Gasteiger partial charge in [0.05, 0.1) is 0 Å². The molecule has 0 aliphatic carbocycles. The summed E-state index contributed by atoms with van der Waals surface area (Å²) in [5.74, 6) is -0.220. The van der Waals surface area contributed by atoms with Crippen LogP contribution in [-0.2, 0) is 16.8 Å². The number of nitrogens with zero attached hydrogens (tertiary/aromatic N) is 2. The molecule has 156 valence electrons. The second kappa shape index (κ2) is 7.38. The molecule has 0 saturated heterocycles. The van der Waals surface area contributed by atoms with Gasteiger partial charge >= 0.3 is 0 Å². The molecular weight excluding hydrogens is 387 g/mol. The van der Waals surface area contributed by atoms with Crippen molar-refractivity contribution in [3.05, 3.63) is 102 Å². The molecule has 3 nitrogen and oxygen atoms in total. The minimum absolute atomic E-state index is 0.0485. The van der Waals surface area contributed by atoms with Gasteiger partial charge in [-0.25, -0.2) is 4.39 Å². The first kappa shape index (κ1) is 19.6. The smallest absolute Gasteiger partial charge is 0.257 e. The molecule has 1 aromatic heterocycles. The van der Waals surface area contributed by atoms with Crippen LogP contribution in [0.2, 0.25) is 0 Å². The van der Waals surface area contributed by atoms with E-state index < -0.39 is 5.54 Å². The van der Waals surface area contributed by atoms with Gasteiger partial charge in [0.25, 0.3) is 5.91 Å². The average Bonchev–Trinajstić information content (AvgIpc) is 3.37. The lowest BCUT2D eigenvalue weighted by Gasteiger charge is -2.38. The van der Waals surface area contributed by atoms with E-state index >= 15 is 0 Å². The van der Waals surface area contributed by atoms with Gasteiger partial charge < -0.3 is 9.47 Å². The third-order valence-corrected chi connectivity index (χ3v) is 6.63. The van der Waals surface area contributed by atoms with Gasteiger partial charge in [-0.1, -0.05) is 55.5 Å². The fraction of sp³-hybridized carbons (Fsp3) is 0.222. The Kier molecular flexibility index (Phi) is 4.66. The number of benzene rings is 3. The minimum Gasteiger partial charge on any atom is -0.328 e. The zero-order valence-electron chi connectivity index (χ0n) is 17.8. The van der Waals surface area contributed by atoms with Crippen LogP contribution in [0.3, 0.4) is 0 Å². The molecule has 1 amide bonds. The normalized spacial score (nSPS) is 15.1. The van der Waals surface area contributed by atoms with E-state index in [1.165, 1.54) is 11.6 Å². The fourth-order valence-corrected chi connectivity index (χ4v) is 5.06. The predicted octanol–water partition coefficient (Wildman–Crippen LogP) is 5.83. The van der Waals surface area contributed by atoms with Gasteiger partial charge in [0, 0.05) is 29.3 Å². The first-order valence-electron chi connectivity index (χ1n) is 10.8. The van der Waals surface area contributed by atoms with Gasteiger partial charge in [0.2, 0.25) is 0 Å². The Morgan fingerprint density at radius 1 is 1.03 bits per heavy atom. The monoisotopic (exact) mass is 412 g/mol. The van der Waals surface area contributed by atoms with Crippen LogP contribution in [0.5, 0.6) is 0 Å². The van der Waals surface area contributed by atoms with Gasteiger partial charge in [-0.3, -0.25) is 4.79 Å². The van der Waals surface area contributed by atoms with Crippen LogP contribution in [0.25, 0.3) is 10.9 Å². The summed E-state index contributed by atoms with van der Waals surface area (Å²) in [5, 5.41) is 0.836. The molecule has 2 heterocycles. The molecule has 31 heavy (non-hydrogen) atoms. The molecule has 4 aromatic rings. The Balaban J connectivity index is 1.77. The van der Waals surface area contributed by atoms with Crippen LogP contribution < -0.4 is 4.90 Å². The molecule has 0 fully saturated rings. The summed E-state index contributed by atoms with van der Waals surface area (Å²) in [6, 6.07) is 22.9. The van der Waals surface area contributed by atoms with Crippen molar-refractivity contribution in [2.45, 2.75) is 32.2 Å². The minimum atomic E-state index is -0.928. The van der Waals surface area contributed by atoms with E-state index in [1.807, 2.05) is 66.6 Å². The van der Waals surface area contributed by atoms with E-state index in [-0.39, 0.29) is 11.7 Å². The highest BCUT2D eigenvalue weighted by Gasteiger charge is 2.45. The fourth-order valence-electron chi connectivity index (χ4n) is 5.06. The predicted molar refractivity (Wildman–Crippen MR) is 123 cm³/mol. The lowest BCUT2D eigenvalue weighted by atomic mass is 9.84. The molecular formula is C27H25FN2O. The second-order valence-corrected chi connectivity index (χ2v) is 8.26. The number of aromatic nitrogens is 1. The second-order valence-electron chi connectivity index (χ2n) is 8.26. The molecule has 0 spiro atoms. The number of amides is 1. The van der Waals surface area contributed by atoms with E-state index in [9.17, 15) is 9.18 Å². The average molecular weight is 413 g/mol. The van der Waals surface area contributed by atoms with Crippen molar-refractivity contribution in [2.24, 2.45) is 0 Å². The van der Waals surface area contributed by atoms with Crippen LogP contribution in [0.15, 0.2) is 79.0 Å². The Bertz CT molecular complexity index is 1280. The molecule has 1 atom stereocenters. The summed E-state index contributed by atoms with van der Waals surface area (Å²) in [4.78, 5) is 16.3. The lowest BCUT2D eigenvalue weighted by Crippen LogP contribution is -2.50. The van der Waals surface area contributed by atoms with Gasteiger partial charge in [-0.05, 0) is 60.7 Å². The number of hydrogen-bond donors (Lipinski definition) is 0. The molecule has 0 saturated carbocycles. The number of hydrogen-bond acceptors (Lipinski definition) is 1. The van der Waals surface area contributed by atoms with Crippen LogP contribution in [0, 0.1) is 12.7 Å². The molecule has 0 N–H and O–H groups in total. The number of aryl methyl sites for hydroxylation is 1. The van der Waals surface area contributed by atoms with Crippen molar-refractivity contribution in [1.29, 1.82) is 0 Å². The highest BCUT2D eigenvalue weighted by Crippen LogP contribution is 2.40. The number of fused-ring (bicyclic) bond motifs is 2. The van der Waals surface area contributed by atoms with E-state index in [4.69, 9.17) is 0 Å². The third kappa shape index (κ3) is 2.89. The van der Waals surface area contributed by atoms with E-state index in [0.29, 0.717) is 13.0 Å². The highest BCUT2D eigenvalue weighted by molar-refractivity contribution is 6.04. The van der Waals surface area contributed by atoms with E-state index in [2.05, 4.69) is 17.6 Å². The zero-order chi connectivity index (χ0) is 21.6. The molecule has 1 unspecified atom stereocenters. The SMILES string of the molecule is CCC(C(=O)N1CCc2ccccc21)(c1ccccc1)n1cc(C)c2cc(F)ccc21. The van der Waals surface area contributed by atoms with Crippen LogP contribution in [-0.4, -0.2) is 17.0 Å². The first-order chi connectivity index (χ1) is 15.1. The van der Waals surface area contributed by atoms with E-state index in [0.717, 1.165) is 34.1 Å². The van der Waals surface area contributed by atoms with Crippen molar-refractivity contribution in [1.82, 2.24) is 4.57 Å². The molecule has 0 radical (unpaired) electrons.